The third-order valence-electron chi connectivity index (χ3n) is 2.75. The Morgan fingerprint density at radius 2 is 2.11 bits per heavy atom. The normalized spacial score (nSPS) is 12.4. The molecule has 2 rings (SSSR count). The van der Waals surface area contributed by atoms with Gasteiger partial charge in [-0.25, -0.2) is 0 Å². The van der Waals surface area contributed by atoms with E-state index in [0.29, 0.717) is 19.2 Å². The molecule has 0 unspecified atom stereocenters. The minimum absolute atomic E-state index is 0. The van der Waals surface area contributed by atoms with Crippen LogP contribution in [0.3, 0.4) is 0 Å². The van der Waals surface area contributed by atoms with Crippen molar-refractivity contribution >= 4 is 23.3 Å². The van der Waals surface area contributed by atoms with Crippen LogP contribution in [-0.4, -0.2) is 35.4 Å². The molecular formula is C14H21ClN2O2. The zero-order chi connectivity index (χ0) is 13.0. The molecule has 0 fully saturated rings. The quantitative estimate of drug-likeness (QED) is 0.763. The van der Waals surface area contributed by atoms with Crippen molar-refractivity contribution in [3.8, 4) is 5.75 Å². The van der Waals surface area contributed by atoms with Gasteiger partial charge >= 0.3 is 0 Å². The van der Waals surface area contributed by atoms with Crippen LogP contribution in [0.1, 0.15) is 13.8 Å². The fourth-order valence-corrected chi connectivity index (χ4v) is 1.80. The van der Waals surface area contributed by atoms with E-state index in [9.17, 15) is 5.11 Å². The number of fused-ring (bicyclic) bond motifs is 1. The number of ether oxygens (including phenoxy) is 1. The summed E-state index contributed by atoms with van der Waals surface area (Å²) in [5.41, 5.74) is 1.04. The second kappa shape index (κ2) is 7.38. The topological polar surface area (TPSA) is 57.3 Å². The van der Waals surface area contributed by atoms with Crippen LogP contribution in [0.25, 0.3) is 10.9 Å². The van der Waals surface area contributed by atoms with E-state index in [0.717, 1.165) is 16.7 Å². The second-order valence-corrected chi connectivity index (χ2v) is 4.72. The molecule has 19 heavy (non-hydrogen) atoms. The van der Waals surface area contributed by atoms with Crippen molar-refractivity contribution in [3.05, 3.63) is 30.5 Å². The third-order valence-corrected chi connectivity index (χ3v) is 2.75. The number of hydrogen-bond acceptors (Lipinski definition) is 3. The van der Waals surface area contributed by atoms with Gasteiger partial charge in [-0.1, -0.05) is 19.9 Å². The standard InChI is InChI=1S/C14H20N2O2.ClH/c1-10(2)16-8-11(17)9-18-14-5-3-4-13-12(14)6-7-15-13;/h3-7,10-11,15-17H,8-9H2,1-2H3;1H/t11-;/m1./s1. The molecule has 0 amide bonds. The highest BCUT2D eigenvalue weighted by molar-refractivity contribution is 5.85. The number of aromatic amines is 1. The predicted octanol–water partition coefficient (Wildman–Crippen LogP) is 2.33. The van der Waals surface area contributed by atoms with E-state index in [2.05, 4.69) is 10.3 Å². The zero-order valence-electron chi connectivity index (χ0n) is 11.2. The van der Waals surface area contributed by atoms with Crippen molar-refractivity contribution in [2.24, 2.45) is 0 Å². The molecule has 0 aliphatic carbocycles. The van der Waals surface area contributed by atoms with Gasteiger partial charge in [0.1, 0.15) is 18.5 Å². The SMILES string of the molecule is CC(C)NC[C@@H](O)COc1cccc2[nH]ccc12.Cl. The molecule has 1 aromatic heterocycles. The van der Waals surface area contributed by atoms with Crippen molar-refractivity contribution in [2.45, 2.75) is 26.0 Å². The van der Waals surface area contributed by atoms with Gasteiger partial charge in [-0.15, -0.1) is 12.4 Å². The first-order chi connectivity index (χ1) is 8.66. The summed E-state index contributed by atoms with van der Waals surface area (Å²) in [4.78, 5) is 3.13. The molecule has 106 valence electrons. The molecule has 5 heteroatoms. The number of H-pyrrole nitrogens is 1. The Bertz CT molecular complexity index is 499. The summed E-state index contributed by atoms with van der Waals surface area (Å²) in [5, 5.41) is 14.0. The molecule has 3 N–H and O–H groups in total. The first kappa shape index (κ1) is 15.8. The van der Waals surface area contributed by atoms with E-state index >= 15 is 0 Å². The number of aromatic nitrogens is 1. The molecule has 0 saturated heterocycles. The summed E-state index contributed by atoms with van der Waals surface area (Å²) in [6.45, 7) is 4.94. The monoisotopic (exact) mass is 284 g/mol. The maximum atomic E-state index is 9.79. The van der Waals surface area contributed by atoms with E-state index in [1.54, 1.807) is 0 Å². The maximum Gasteiger partial charge on any atom is 0.128 e. The van der Waals surface area contributed by atoms with Crippen LogP contribution < -0.4 is 10.1 Å². The highest BCUT2D eigenvalue weighted by Crippen LogP contribution is 2.24. The molecule has 1 aromatic carbocycles. The lowest BCUT2D eigenvalue weighted by Crippen LogP contribution is -2.35. The molecule has 1 atom stereocenters. The number of hydrogen-bond donors (Lipinski definition) is 3. The summed E-state index contributed by atoms with van der Waals surface area (Å²) < 4.78 is 5.66. The van der Waals surface area contributed by atoms with Crippen molar-refractivity contribution < 1.29 is 9.84 Å². The molecular weight excluding hydrogens is 264 g/mol. The average Bonchev–Trinajstić information content (AvgIpc) is 2.82. The van der Waals surface area contributed by atoms with Gasteiger partial charge in [-0.3, -0.25) is 0 Å². The Labute approximate surface area is 119 Å². The Morgan fingerprint density at radius 1 is 1.32 bits per heavy atom. The highest BCUT2D eigenvalue weighted by atomic mass is 35.5. The van der Waals surface area contributed by atoms with Crippen LogP contribution in [0.4, 0.5) is 0 Å². The maximum absolute atomic E-state index is 9.79. The van der Waals surface area contributed by atoms with Crippen LogP contribution in [0.2, 0.25) is 0 Å². The van der Waals surface area contributed by atoms with Gasteiger partial charge in [0.15, 0.2) is 0 Å². The molecule has 0 spiro atoms. The minimum Gasteiger partial charge on any atom is -0.490 e. The molecule has 1 heterocycles. The lowest BCUT2D eigenvalue weighted by atomic mass is 10.2. The van der Waals surface area contributed by atoms with Gasteiger partial charge in [-0.2, -0.15) is 0 Å². The fraction of sp³-hybridized carbons (Fsp3) is 0.429. The molecule has 0 aliphatic heterocycles. The molecule has 0 bridgehead atoms. The lowest BCUT2D eigenvalue weighted by Gasteiger charge is -2.15. The summed E-state index contributed by atoms with van der Waals surface area (Å²) >= 11 is 0. The first-order valence-corrected chi connectivity index (χ1v) is 6.27. The summed E-state index contributed by atoms with van der Waals surface area (Å²) in [5.74, 6) is 0.803. The van der Waals surface area contributed by atoms with Crippen molar-refractivity contribution in [3.63, 3.8) is 0 Å². The lowest BCUT2D eigenvalue weighted by molar-refractivity contribution is 0.105. The second-order valence-electron chi connectivity index (χ2n) is 4.72. The van der Waals surface area contributed by atoms with Crippen LogP contribution in [-0.2, 0) is 0 Å². The van der Waals surface area contributed by atoms with Gasteiger partial charge in [-0.05, 0) is 18.2 Å². The minimum atomic E-state index is -0.499. The van der Waals surface area contributed by atoms with E-state index in [4.69, 9.17) is 4.74 Å². The van der Waals surface area contributed by atoms with E-state index < -0.39 is 6.10 Å². The zero-order valence-corrected chi connectivity index (χ0v) is 12.0. The number of benzene rings is 1. The third kappa shape index (κ3) is 4.42. The molecule has 0 radical (unpaired) electrons. The number of rotatable bonds is 6. The number of aliphatic hydroxyl groups excluding tert-OH is 1. The van der Waals surface area contributed by atoms with E-state index in [-0.39, 0.29) is 12.4 Å². The average molecular weight is 285 g/mol. The van der Waals surface area contributed by atoms with Gasteiger partial charge in [0.2, 0.25) is 0 Å². The number of aliphatic hydroxyl groups is 1. The highest BCUT2D eigenvalue weighted by Gasteiger charge is 2.08. The summed E-state index contributed by atoms with van der Waals surface area (Å²) in [6, 6.07) is 8.20. The van der Waals surface area contributed by atoms with Crippen LogP contribution in [0.5, 0.6) is 5.75 Å². The van der Waals surface area contributed by atoms with Gasteiger partial charge in [0.05, 0.1) is 0 Å². The van der Waals surface area contributed by atoms with Crippen molar-refractivity contribution in [1.82, 2.24) is 10.3 Å². The predicted molar refractivity (Wildman–Crippen MR) is 80.2 cm³/mol. The summed E-state index contributed by atoms with van der Waals surface area (Å²) in [6.07, 6.45) is 1.38. The van der Waals surface area contributed by atoms with Crippen LogP contribution in [0.15, 0.2) is 30.5 Å². The number of halogens is 1. The smallest absolute Gasteiger partial charge is 0.128 e. The largest absolute Gasteiger partial charge is 0.490 e. The summed E-state index contributed by atoms with van der Waals surface area (Å²) in [7, 11) is 0. The van der Waals surface area contributed by atoms with E-state index in [1.165, 1.54) is 0 Å². The Kier molecular flexibility index (Phi) is 6.15. The number of nitrogens with one attached hydrogen (secondary N) is 2. The van der Waals surface area contributed by atoms with Crippen LogP contribution >= 0.6 is 12.4 Å². The van der Waals surface area contributed by atoms with Crippen LogP contribution in [0, 0.1) is 0 Å². The Morgan fingerprint density at radius 3 is 2.84 bits per heavy atom. The van der Waals surface area contributed by atoms with Gasteiger partial charge in [0.25, 0.3) is 0 Å². The van der Waals surface area contributed by atoms with Crippen molar-refractivity contribution in [1.29, 1.82) is 0 Å². The van der Waals surface area contributed by atoms with E-state index in [1.807, 2.05) is 44.3 Å². The Hall–Kier alpha value is -1.23. The van der Waals surface area contributed by atoms with Crippen molar-refractivity contribution in [2.75, 3.05) is 13.2 Å². The molecule has 4 nitrogen and oxygen atoms in total. The molecule has 2 aromatic rings. The van der Waals surface area contributed by atoms with Gasteiger partial charge in [0, 0.05) is 29.7 Å². The molecule has 0 saturated carbocycles. The fourth-order valence-electron chi connectivity index (χ4n) is 1.80. The molecule has 0 aliphatic rings. The van der Waals surface area contributed by atoms with Gasteiger partial charge < -0.3 is 20.1 Å². The Balaban J connectivity index is 0.00000180. The first-order valence-electron chi connectivity index (χ1n) is 6.27.